The van der Waals surface area contributed by atoms with Gasteiger partial charge < -0.3 is 4.74 Å². The van der Waals surface area contributed by atoms with Gasteiger partial charge in [0.15, 0.2) is 5.78 Å². The van der Waals surface area contributed by atoms with Crippen LogP contribution in [0.2, 0.25) is 0 Å². The van der Waals surface area contributed by atoms with Crippen LogP contribution in [-0.4, -0.2) is 18.7 Å². The van der Waals surface area contributed by atoms with Crippen molar-refractivity contribution in [1.29, 1.82) is 0 Å². The molecule has 0 bridgehead atoms. The summed E-state index contributed by atoms with van der Waals surface area (Å²) in [5, 5.41) is 0. The van der Waals surface area contributed by atoms with Crippen LogP contribution in [0.3, 0.4) is 0 Å². The molecule has 0 radical (unpaired) electrons. The Bertz CT molecular complexity index is 416. The lowest BCUT2D eigenvalue weighted by Gasteiger charge is -2.19. The van der Waals surface area contributed by atoms with Gasteiger partial charge in [-0.05, 0) is 31.2 Å². The topological polar surface area (TPSA) is 43.4 Å². The standard InChI is InChI=1S/C14H18O3/c1-10(15)14(2,3)9-13(16)11-5-7-12(17-4)8-6-11/h5-8H,9H2,1-4H3. The lowest BCUT2D eigenvalue weighted by Crippen LogP contribution is -2.25. The van der Waals surface area contributed by atoms with E-state index in [0.29, 0.717) is 11.3 Å². The number of hydrogen-bond acceptors (Lipinski definition) is 3. The van der Waals surface area contributed by atoms with Crippen molar-refractivity contribution in [2.75, 3.05) is 7.11 Å². The van der Waals surface area contributed by atoms with Crippen LogP contribution < -0.4 is 4.74 Å². The maximum Gasteiger partial charge on any atom is 0.163 e. The molecule has 0 aliphatic carbocycles. The summed E-state index contributed by atoms with van der Waals surface area (Å²) in [5.74, 6) is 0.722. The Morgan fingerprint density at radius 3 is 2.12 bits per heavy atom. The molecule has 0 amide bonds. The zero-order chi connectivity index (χ0) is 13.1. The van der Waals surface area contributed by atoms with Gasteiger partial charge in [0.05, 0.1) is 7.11 Å². The minimum atomic E-state index is -0.600. The van der Waals surface area contributed by atoms with Gasteiger partial charge in [0, 0.05) is 17.4 Å². The van der Waals surface area contributed by atoms with Crippen molar-refractivity contribution in [2.45, 2.75) is 27.2 Å². The quantitative estimate of drug-likeness (QED) is 0.736. The fourth-order valence-electron chi connectivity index (χ4n) is 1.40. The second-order valence-electron chi connectivity index (χ2n) is 4.77. The predicted octanol–water partition coefficient (Wildman–Crippen LogP) is 2.88. The molecule has 3 heteroatoms. The van der Waals surface area contributed by atoms with Crippen LogP contribution in [0.25, 0.3) is 0 Å². The van der Waals surface area contributed by atoms with E-state index in [9.17, 15) is 9.59 Å². The van der Waals surface area contributed by atoms with Crippen LogP contribution >= 0.6 is 0 Å². The van der Waals surface area contributed by atoms with Crippen LogP contribution in [0.1, 0.15) is 37.6 Å². The highest BCUT2D eigenvalue weighted by atomic mass is 16.5. The van der Waals surface area contributed by atoms with Crippen LogP contribution in [-0.2, 0) is 4.79 Å². The van der Waals surface area contributed by atoms with E-state index in [1.54, 1.807) is 45.2 Å². The van der Waals surface area contributed by atoms with Crippen molar-refractivity contribution in [1.82, 2.24) is 0 Å². The SMILES string of the molecule is COc1ccc(C(=O)CC(C)(C)C(C)=O)cc1. The van der Waals surface area contributed by atoms with Gasteiger partial charge in [0.2, 0.25) is 0 Å². The maximum atomic E-state index is 12.0. The normalized spacial score (nSPS) is 11.1. The summed E-state index contributed by atoms with van der Waals surface area (Å²) >= 11 is 0. The first-order chi connectivity index (χ1) is 7.86. The molecule has 0 aliphatic heterocycles. The number of ketones is 2. The summed E-state index contributed by atoms with van der Waals surface area (Å²) in [5.41, 5.74) is 0.0110. The third-order valence-corrected chi connectivity index (χ3v) is 2.97. The molecule has 0 aliphatic rings. The zero-order valence-electron chi connectivity index (χ0n) is 10.7. The molecule has 0 saturated carbocycles. The number of methoxy groups -OCH3 is 1. The van der Waals surface area contributed by atoms with E-state index in [1.807, 2.05) is 0 Å². The molecule has 0 heterocycles. The molecule has 0 spiro atoms. The second-order valence-corrected chi connectivity index (χ2v) is 4.77. The van der Waals surface area contributed by atoms with Gasteiger partial charge in [-0.15, -0.1) is 0 Å². The zero-order valence-corrected chi connectivity index (χ0v) is 10.7. The molecule has 1 rings (SSSR count). The van der Waals surface area contributed by atoms with Gasteiger partial charge in [0.1, 0.15) is 11.5 Å². The minimum Gasteiger partial charge on any atom is -0.497 e. The minimum absolute atomic E-state index is 0.0205. The molecule has 0 atom stereocenters. The molecule has 3 nitrogen and oxygen atoms in total. The number of rotatable bonds is 5. The molecule has 17 heavy (non-hydrogen) atoms. The Morgan fingerprint density at radius 1 is 1.18 bits per heavy atom. The van der Waals surface area contributed by atoms with Crippen molar-refractivity contribution in [2.24, 2.45) is 5.41 Å². The van der Waals surface area contributed by atoms with E-state index in [1.165, 1.54) is 6.92 Å². The average Bonchev–Trinajstić information content (AvgIpc) is 2.28. The van der Waals surface area contributed by atoms with Crippen LogP contribution in [0.4, 0.5) is 0 Å². The third-order valence-electron chi connectivity index (χ3n) is 2.97. The van der Waals surface area contributed by atoms with Gasteiger partial charge >= 0.3 is 0 Å². The van der Waals surface area contributed by atoms with Crippen molar-refractivity contribution in [3.05, 3.63) is 29.8 Å². The van der Waals surface area contributed by atoms with Crippen LogP contribution in [0, 0.1) is 5.41 Å². The molecule has 1 aromatic rings. The van der Waals surface area contributed by atoms with E-state index in [0.717, 1.165) is 0 Å². The Morgan fingerprint density at radius 2 is 1.71 bits per heavy atom. The van der Waals surface area contributed by atoms with Gasteiger partial charge in [-0.2, -0.15) is 0 Å². The number of carbonyl (C=O) groups is 2. The predicted molar refractivity (Wildman–Crippen MR) is 66.4 cm³/mol. The number of benzene rings is 1. The first-order valence-corrected chi connectivity index (χ1v) is 5.55. The lowest BCUT2D eigenvalue weighted by atomic mass is 9.82. The highest BCUT2D eigenvalue weighted by Gasteiger charge is 2.27. The molecule has 0 N–H and O–H groups in total. The van der Waals surface area contributed by atoms with Crippen LogP contribution in [0.5, 0.6) is 5.75 Å². The lowest BCUT2D eigenvalue weighted by molar-refractivity contribution is -0.124. The smallest absolute Gasteiger partial charge is 0.163 e. The fraction of sp³-hybridized carbons (Fsp3) is 0.429. The van der Waals surface area contributed by atoms with E-state index in [2.05, 4.69) is 0 Å². The van der Waals surface area contributed by atoms with E-state index in [-0.39, 0.29) is 18.0 Å². The number of ether oxygens (including phenoxy) is 1. The van der Waals surface area contributed by atoms with E-state index in [4.69, 9.17) is 4.74 Å². The molecule has 0 unspecified atom stereocenters. The molecule has 1 aromatic carbocycles. The van der Waals surface area contributed by atoms with Crippen molar-refractivity contribution in [3.8, 4) is 5.75 Å². The molecule has 0 saturated heterocycles. The fourth-order valence-corrected chi connectivity index (χ4v) is 1.40. The van der Waals surface area contributed by atoms with Crippen molar-refractivity contribution in [3.63, 3.8) is 0 Å². The van der Waals surface area contributed by atoms with Crippen molar-refractivity contribution >= 4 is 11.6 Å². The summed E-state index contributed by atoms with van der Waals surface area (Å²) < 4.78 is 5.02. The summed E-state index contributed by atoms with van der Waals surface area (Å²) in [6.07, 6.45) is 0.231. The van der Waals surface area contributed by atoms with Gasteiger partial charge in [0.25, 0.3) is 0 Å². The summed E-state index contributed by atoms with van der Waals surface area (Å²) in [6, 6.07) is 6.93. The monoisotopic (exact) mass is 234 g/mol. The molecule has 92 valence electrons. The Balaban J connectivity index is 2.80. The van der Waals surface area contributed by atoms with Crippen molar-refractivity contribution < 1.29 is 14.3 Å². The maximum absolute atomic E-state index is 12.0. The Kier molecular flexibility index (Phi) is 4.05. The van der Waals surface area contributed by atoms with E-state index < -0.39 is 5.41 Å². The third kappa shape index (κ3) is 3.41. The van der Waals surface area contributed by atoms with Gasteiger partial charge in [-0.3, -0.25) is 9.59 Å². The second kappa shape index (κ2) is 5.13. The summed E-state index contributed by atoms with van der Waals surface area (Å²) in [7, 11) is 1.58. The van der Waals surface area contributed by atoms with Gasteiger partial charge in [-0.25, -0.2) is 0 Å². The Hall–Kier alpha value is -1.64. The first-order valence-electron chi connectivity index (χ1n) is 5.55. The number of hydrogen-bond donors (Lipinski definition) is 0. The molecular weight excluding hydrogens is 216 g/mol. The summed E-state index contributed by atoms with van der Waals surface area (Å²) in [4.78, 5) is 23.3. The number of Topliss-reactive ketones (excluding diaryl/α,β-unsaturated/α-hetero) is 2. The highest BCUT2D eigenvalue weighted by Crippen LogP contribution is 2.24. The van der Waals surface area contributed by atoms with Gasteiger partial charge in [-0.1, -0.05) is 13.8 Å². The first kappa shape index (κ1) is 13.4. The average molecular weight is 234 g/mol. The van der Waals surface area contributed by atoms with Crippen LogP contribution in [0.15, 0.2) is 24.3 Å². The molecular formula is C14H18O3. The molecule has 0 aromatic heterocycles. The van der Waals surface area contributed by atoms with E-state index >= 15 is 0 Å². The Labute approximate surface area is 102 Å². The summed E-state index contributed by atoms with van der Waals surface area (Å²) in [6.45, 7) is 5.09. The molecule has 0 fully saturated rings. The highest BCUT2D eigenvalue weighted by molar-refractivity contribution is 5.99. The number of carbonyl (C=O) groups excluding carboxylic acids is 2. The largest absolute Gasteiger partial charge is 0.497 e.